The summed E-state index contributed by atoms with van der Waals surface area (Å²) in [5.41, 5.74) is -0.0395. The number of fused-ring (bicyclic) bond motifs is 1. The molecule has 128 valence electrons. The molecule has 0 spiro atoms. The highest BCUT2D eigenvalue weighted by Crippen LogP contribution is 2.45. The number of benzene rings is 1. The Labute approximate surface area is 137 Å². The molecule has 0 fully saturated rings. The molecule has 2 atom stereocenters. The maximum atomic E-state index is 13.4. The molecule has 1 aliphatic heterocycles. The molecular weight excluding hydrogens is 321 g/mol. The Morgan fingerprint density at radius 3 is 2.67 bits per heavy atom. The Hall–Kier alpha value is -2.31. The Bertz CT molecular complexity index is 738. The molecule has 1 aliphatic carbocycles. The van der Waals surface area contributed by atoms with Gasteiger partial charge in [0.15, 0.2) is 0 Å². The quantitative estimate of drug-likeness (QED) is 0.495. The molecule has 0 aromatic heterocycles. The van der Waals surface area contributed by atoms with Crippen molar-refractivity contribution >= 4 is 0 Å². The van der Waals surface area contributed by atoms with Gasteiger partial charge < -0.3 is 5.32 Å². The van der Waals surface area contributed by atoms with Crippen molar-refractivity contribution in [3.63, 3.8) is 0 Å². The first kappa shape index (κ1) is 16.5. The molecule has 0 saturated carbocycles. The van der Waals surface area contributed by atoms with Crippen LogP contribution in [0.2, 0.25) is 0 Å². The van der Waals surface area contributed by atoms with Crippen LogP contribution < -0.4 is 5.32 Å². The van der Waals surface area contributed by atoms with Gasteiger partial charge in [-0.15, -0.1) is 0 Å². The summed E-state index contributed by atoms with van der Waals surface area (Å²) in [5.74, 6) is -0.968. The number of alkyl halides is 3. The SMILES string of the molecule is CC1=C([N+](=O)[O-])C(c2ccccc2C(F)(F)F)C2=CCCCC2N1. The van der Waals surface area contributed by atoms with Crippen molar-refractivity contribution in [2.24, 2.45) is 0 Å². The van der Waals surface area contributed by atoms with Gasteiger partial charge in [-0.3, -0.25) is 10.1 Å². The lowest BCUT2D eigenvalue weighted by Gasteiger charge is -2.36. The molecule has 24 heavy (non-hydrogen) atoms. The van der Waals surface area contributed by atoms with E-state index < -0.39 is 22.6 Å². The number of rotatable bonds is 2. The van der Waals surface area contributed by atoms with Crippen LogP contribution in [0.25, 0.3) is 0 Å². The first-order chi connectivity index (χ1) is 11.3. The van der Waals surface area contributed by atoms with Crippen LogP contribution in [0.4, 0.5) is 13.2 Å². The molecule has 1 aromatic rings. The molecule has 0 saturated heterocycles. The second-order valence-corrected chi connectivity index (χ2v) is 6.12. The zero-order valence-electron chi connectivity index (χ0n) is 13.1. The number of allylic oxidation sites excluding steroid dienone is 3. The molecular formula is C17H17F3N2O2. The lowest BCUT2D eigenvalue weighted by molar-refractivity contribution is -0.431. The molecule has 4 nitrogen and oxygen atoms in total. The highest BCUT2D eigenvalue weighted by molar-refractivity contribution is 5.47. The summed E-state index contributed by atoms with van der Waals surface area (Å²) >= 11 is 0. The van der Waals surface area contributed by atoms with E-state index in [1.54, 1.807) is 6.92 Å². The number of hydrogen-bond donors (Lipinski definition) is 1. The normalized spacial score (nSPS) is 24.1. The number of halogens is 3. The standard InChI is InChI=1S/C17H17F3N2O2/c1-10-16(22(23)24)15(12-7-3-5-9-14(12)21-10)11-6-2-4-8-13(11)17(18,19)20/h2,4,6-8,14-15,21H,3,5,9H2,1H3. The molecule has 2 aliphatic rings. The van der Waals surface area contributed by atoms with E-state index in [9.17, 15) is 23.3 Å². The summed E-state index contributed by atoms with van der Waals surface area (Å²) < 4.78 is 40.3. The molecule has 0 amide bonds. The Morgan fingerprint density at radius 2 is 2.00 bits per heavy atom. The van der Waals surface area contributed by atoms with Crippen molar-refractivity contribution in [3.8, 4) is 0 Å². The molecule has 1 aromatic carbocycles. The Balaban J connectivity index is 2.24. The summed E-state index contributed by atoms with van der Waals surface area (Å²) in [6.45, 7) is 1.56. The number of nitrogens with one attached hydrogen (secondary N) is 1. The summed E-state index contributed by atoms with van der Waals surface area (Å²) in [5, 5.41) is 14.7. The molecule has 0 bridgehead atoms. The van der Waals surface area contributed by atoms with Crippen molar-refractivity contribution in [1.82, 2.24) is 5.32 Å². The van der Waals surface area contributed by atoms with E-state index in [0.717, 1.165) is 25.3 Å². The molecule has 3 rings (SSSR count). The number of nitrogens with zero attached hydrogens (tertiary/aromatic N) is 1. The fourth-order valence-electron chi connectivity index (χ4n) is 3.66. The van der Waals surface area contributed by atoms with Gasteiger partial charge in [0, 0.05) is 6.04 Å². The van der Waals surface area contributed by atoms with E-state index >= 15 is 0 Å². The second-order valence-electron chi connectivity index (χ2n) is 6.12. The topological polar surface area (TPSA) is 55.2 Å². The summed E-state index contributed by atoms with van der Waals surface area (Å²) in [4.78, 5) is 11.0. The van der Waals surface area contributed by atoms with Gasteiger partial charge in [-0.1, -0.05) is 24.3 Å². The highest BCUT2D eigenvalue weighted by Gasteiger charge is 2.44. The fraction of sp³-hybridized carbons (Fsp3) is 0.412. The van der Waals surface area contributed by atoms with Crippen LogP contribution in [0, 0.1) is 10.1 Å². The van der Waals surface area contributed by atoms with Crippen LogP contribution in [0.15, 0.2) is 47.3 Å². The minimum absolute atomic E-state index is 0.0456. The van der Waals surface area contributed by atoms with Gasteiger partial charge in [0.1, 0.15) is 5.92 Å². The first-order valence-electron chi connectivity index (χ1n) is 7.78. The first-order valence-corrected chi connectivity index (χ1v) is 7.78. The van der Waals surface area contributed by atoms with Gasteiger partial charge in [-0.05, 0) is 43.4 Å². The minimum Gasteiger partial charge on any atom is -0.377 e. The predicted molar refractivity (Wildman–Crippen MR) is 82.7 cm³/mol. The minimum atomic E-state index is -4.55. The number of hydrogen-bond acceptors (Lipinski definition) is 3. The average Bonchev–Trinajstić information content (AvgIpc) is 2.52. The maximum absolute atomic E-state index is 13.4. The lowest BCUT2D eigenvalue weighted by Crippen LogP contribution is -2.41. The van der Waals surface area contributed by atoms with Crippen molar-refractivity contribution in [2.75, 3.05) is 0 Å². The summed E-state index contributed by atoms with van der Waals surface area (Å²) in [6, 6.07) is 5.00. The molecule has 1 heterocycles. The molecule has 2 unspecified atom stereocenters. The van der Waals surface area contributed by atoms with E-state index in [4.69, 9.17) is 0 Å². The largest absolute Gasteiger partial charge is 0.416 e. The van der Waals surface area contributed by atoms with Gasteiger partial charge in [0.05, 0.1) is 16.2 Å². The number of nitro groups is 1. The van der Waals surface area contributed by atoms with Gasteiger partial charge in [-0.25, -0.2) is 0 Å². The van der Waals surface area contributed by atoms with Gasteiger partial charge in [0.25, 0.3) is 5.70 Å². The zero-order valence-corrected chi connectivity index (χ0v) is 13.1. The van der Waals surface area contributed by atoms with Gasteiger partial charge >= 0.3 is 6.18 Å². The van der Waals surface area contributed by atoms with E-state index in [2.05, 4.69) is 5.32 Å². The van der Waals surface area contributed by atoms with Crippen LogP contribution in [0.3, 0.4) is 0 Å². The third kappa shape index (κ3) is 2.79. The summed E-state index contributed by atoms with van der Waals surface area (Å²) in [6.07, 6.45) is -0.298. The van der Waals surface area contributed by atoms with Crippen molar-refractivity contribution < 1.29 is 18.1 Å². The van der Waals surface area contributed by atoms with E-state index in [-0.39, 0.29) is 17.3 Å². The maximum Gasteiger partial charge on any atom is 0.416 e. The van der Waals surface area contributed by atoms with Crippen LogP contribution >= 0.6 is 0 Å². The monoisotopic (exact) mass is 338 g/mol. The Morgan fingerprint density at radius 1 is 1.29 bits per heavy atom. The van der Waals surface area contributed by atoms with Crippen molar-refractivity contribution in [2.45, 2.75) is 44.3 Å². The van der Waals surface area contributed by atoms with E-state index in [0.29, 0.717) is 11.3 Å². The second kappa shape index (κ2) is 5.96. The average molecular weight is 338 g/mol. The smallest absolute Gasteiger partial charge is 0.377 e. The summed E-state index contributed by atoms with van der Waals surface area (Å²) in [7, 11) is 0. The third-order valence-electron chi connectivity index (χ3n) is 4.63. The molecule has 1 N–H and O–H groups in total. The van der Waals surface area contributed by atoms with E-state index in [1.807, 2.05) is 6.08 Å². The van der Waals surface area contributed by atoms with Gasteiger partial charge in [-0.2, -0.15) is 13.2 Å². The van der Waals surface area contributed by atoms with Crippen LogP contribution in [0.1, 0.15) is 43.2 Å². The predicted octanol–water partition coefficient (Wildman–Crippen LogP) is 4.38. The Kier molecular flexibility index (Phi) is 4.11. The highest BCUT2D eigenvalue weighted by atomic mass is 19.4. The van der Waals surface area contributed by atoms with Crippen LogP contribution in [0.5, 0.6) is 0 Å². The lowest BCUT2D eigenvalue weighted by atomic mass is 9.75. The van der Waals surface area contributed by atoms with E-state index in [1.165, 1.54) is 18.2 Å². The molecule has 7 heteroatoms. The van der Waals surface area contributed by atoms with Crippen LogP contribution in [-0.4, -0.2) is 11.0 Å². The van der Waals surface area contributed by atoms with Crippen LogP contribution in [-0.2, 0) is 6.18 Å². The molecule has 0 radical (unpaired) electrons. The third-order valence-corrected chi connectivity index (χ3v) is 4.63. The van der Waals surface area contributed by atoms with Gasteiger partial charge in [0.2, 0.25) is 0 Å². The fourth-order valence-corrected chi connectivity index (χ4v) is 3.66. The zero-order chi connectivity index (χ0) is 17.5. The van der Waals surface area contributed by atoms with Crippen molar-refractivity contribution in [1.29, 1.82) is 0 Å². The van der Waals surface area contributed by atoms with Crippen molar-refractivity contribution in [3.05, 3.63) is 68.5 Å².